The molecule has 27 heavy (non-hydrogen) atoms. The van der Waals surface area contributed by atoms with Gasteiger partial charge in [0.2, 0.25) is 10.0 Å². The van der Waals surface area contributed by atoms with Crippen molar-refractivity contribution >= 4 is 15.9 Å². The maximum absolute atomic E-state index is 12.4. The van der Waals surface area contributed by atoms with Gasteiger partial charge in [-0.25, -0.2) is 13.1 Å². The van der Waals surface area contributed by atoms with Gasteiger partial charge in [0.05, 0.1) is 12.0 Å². The van der Waals surface area contributed by atoms with Gasteiger partial charge in [0.25, 0.3) is 5.91 Å². The van der Waals surface area contributed by atoms with Crippen LogP contribution in [0.2, 0.25) is 0 Å². The van der Waals surface area contributed by atoms with Crippen molar-refractivity contribution in [3.63, 3.8) is 0 Å². The molecule has 0 aromatic heterocycles. The number of likely N-dealkylation sites (N-methyl/N-ethyl adjacent to an activating group) is 1. The van der Waals surface area contributed by atoms with Crippen LogP contribution in [0.3, 0.4) is 0 Å². The Balaban J connectivity index is 2.06. The lowest BCUT2D eigenvalue weighted by atomic mass is 10.2. The first-order valence-corrected chi connectivity index (χ1v) is 9.96. The van der Waals surface area contributed by atoms with E-state index in [4.69, 9.17) is 4.74 Å². The molecule has 1 amide bonds. The zero-order chi connectivity index (χ0) is 19.9. The highest BCUT2D eigenvalue weighted by Gasteiger charge is 2.16. The van der Waals surface area contributed by atoms with Crippen molar-refractivity contribution < 1.29 is 17.9 Å². The Morgan fingerprint density at radius 3 is 2.56 bits per heavy atom. The zero-order valence-corrected chi connectivity index (χ0v) is 16.5. The number of sulfonamides is 1. The largest absolute Gasteiger partial charge is 0.496 e. The zero-order valence-electron chi connectivity index (χ0n) is 15.7. The Morgan fingerprint density at radius 1 is 1.11 bits per heavy atom. The van der Waals surface area contributed by atoms with Crippen molar-refractivity contribution in [2.45, 2.75) is 11.4 Å². The number of methoxy groups -OCH3 is 1. The van der Waals surface area contributed by atoms with Gasteiger partial charge in [0.1, 0.15) is 5.75 Å². The molecular weight excluding hydrogens is 366 g/mol. The van der Waals surface area contributed by atoms with Crippen LogP contribution in [0.5, 0.6) is 5.75 Å². The Morgan fingerprint density at radius 2 is 1.85 bits per heavy atom. The normalized spacial score (nSPS) is 11.4. The molecule has 0 saturated carbocycles. The van der Waals surface area contributed by atoms with Crippen LogP contribution >= 0.6 is 0 Å². The molecule has 2 aromatic rings. The summed E-state index contributed by atoms with van der Waals surface area (Å²) < 4.78 is 32.5. The van der Waals surface area contributed by atoms with Gasteiger partial charge in [0.15, 0.2) is 0 Å². The van der Waals surface area contributed by atoms with E-state index in [1.807, 2.05) is 43.3 Å². The van der Waals surface area contributed by atoms with E-state index in [0.717, 1.165) is 5.56 Å². The fourth-order valence-corrected chi connectivity index (χ4v) is 3.48. The number of rotatable bonds is 9. The van der Waals surface area contributed by atoms with E-state index < -0.39 is 10.0 Å². The predicted octanol–water partition coefficient (Wildman–Crippen LogP) is 1.47. The minimum atomic E-state index is -3.67. The van der Waals surface area contributed by atoms with Gasteiger partial charge < -0.3 is 15.0 Å². The number of ether oxygens (including phenoxy) is 1. The first kappa shape index (κ1) is 20.9. The van der Waals surface area contributed by atoms with Gasteiger partial charge in [-0.2, -0.15) is 0 Å². The molecule has 0 aliphatic rings. The molecule has 0 heterocycles. The monoisotopic (exact) mass is 391 g/mol. The predicted molar refractivity (Wildman–Crippen MR) is 104 cm³/mol. The third-order valence-electron chi connectivity index (χ3n) is 3.89. The number of hydrogen-bond donors (Lipinski definition) is 2. The number of carbonyl (C=O) groups is 1. The minimum absolute atomic E-state index is 0.0613. The van der Waals surface area contributed by atoms with Gasteiger partial charge in [-0.1, -0.05) is 24.3 Å². The molecule has 0 radical (unpaired) electrons. The summed E-state index contributed by atoms with van der Waals surface area (Å²) >= 11 is 0. The highest BCUT2D eigenvalue weighted by molar-refractivity contribution is 7.89. The third-order valence-corrected chi connectivity index (χ3v) is 5.35. The number of nitrogens with zero attached hydrogens (tertiary/aromatic N) is 1. The van der Waals surface area contributed by atoms with Crippen LogP contribution in [-0.2, 0) is 16.6 Å². The molecule has 2 aromatic carbocycles. The number of benzene rings is 2. The van der Waals surface area contributed by atoms with Crippen LogP contribution in [0, 0.1) is 0 Å². The van der Waals surface area contributed by atoms with Crippen LogP contribution in [0.1, 0.15) is 15.9 Å². The number of nitrogens with one attached hydrogen (secondary N) is 2. The van der Waals surface area contributed by atoms with E-state index in [1.165, 1.54) is 12.1 Å². The Bertz CT molecular complexity index is 882. The summed E-state index contributed by atoms with van der Waals surface area (Å²) in [5, 5.41) is 2.79. The molecule has 0 fully saturated rings. The van der Waals surface area contributed by atoms with Crippen molar-refractivity contribution in [1.82, 2.24) is 14.9 Å². The summed E-state index contributed by atoms with van der Waals surface area (Å²) in [5.41, 5.74) is 1.11. The fourth-order valence-electron chi connectivity index (χ4n) is 2.42. The van der Waals surface area contributed by atoms with Crippen LogP contribution in [0.4, 0.5) is 0 Å². The Hall–Kier alpha value is -2.42. The summed E-state index contributed by atoms with van der Waals surface area (Å²) in [6.07, 6.45) is 0. The summed E-state index contributed by atoms with van der Waals surface area (Å²) in [7, 11) is 1.63. The molecular formula is C19H25N3O4S. The van der Waals surface area contributed by atoms with Crippen molar-refractivity contribution in [2.75, 3.05) is 34.3 Å². The lowest BCUT2D eigenvalue weighted by molar-refractivity contribution is 0.0950. The highest BCUT2D eigenvalue weighted by Crippen LogP contribution is 2.17. The van der Waals surface area contributed by atoms with Crippen molar-refractivity contribution in [3.8, 4) is 5.75 Å². The smallest absolute Gasteiger partial charge is 0.251 e. The first-order chi connectivity index (χ1) is 12.8. The maximum Gasteiger partial charge on any atom is 0.251 e. The van der Waals surface area contributed by atoms with Crippen LogP contribution in [-0.4, -0.2) is 53.5 Å². The first-order valence-electron chi connectivity index (χ1n) is 8.48. The van der Waals surface area contributed by atoms with E-state index in [-0.39, 0.29) is 22.9 Å². The molecule has 8 heteroatoms. The summed E-state index contributed by atoms with van der Waals surface area (Å²) in [6.45, 7) is 1.15. The van der Waals surface area contributed by atoms with E-state index in [1.54, 1.807) is 19.2 Å². The summed E-state index contributed by atoms with van der Waals surface area (Å²) in [5.74, 6) is 0.325. The molecule has 146 valence electrons. The lowest BCUT2D eigenvalue weighted by Crippen LogP contribution is -2.31. The molecule has 7 nitrogen and oxygen atoms in total. The van der Waals surface area contributed by atoms with Crippen molar-refractivity contribution in [3.05, 3.63) is 59.7 Å². The van der Waals surface area contributed by atoms with Gasteiger partial charge in [-0.15, -0.1) is 0 Å². The molecule has 2 N–H and O–H groups in total. The van der Waals surface area contributed by atoms with E-state index in [0.29, 0.717) is 18.8 Å². The van der Waals surface area contributed by atoms with E-state index >= 15 is 0 Å². The SMILES string of the molecule is COc1ccccc1CNC(=O)c1cccc(S(=O)(=O)NCCN(C)C)c1. The number of carbonyl (C=O) groups excluding carboxylic acids is 1. The summed E-state index contributed by atoms with van der Waals surface area (Å²) in [6, 6.07) is 13.3. The topological polar surface area (TPSA) is 87.7 Å². The quantitative estimate of drug-likeness (QED) is 0.676. The second kappa shape index (κ2) is 9.50. The van der Waals surface area contributed by atoms with Gasteiger partial charge in [0, 0.05) is 30.8 Å². The maximum atomic E-state index is 12.4. The van der Waals surface area contributed by atoms with Crippen LogP contribution in [0.25, 0.3) is 0 Å². The molecule has 2 rings (SSSR count). The van der Waals surface area contributed by atoms with Gasteiger partial charge >= 0.3 is 0 Å². The van der Waals surface area contributed by atoms with Crippen LogP contribution < -0.4 is 14.8 Å². The standard InChI is InChI=1S/C19H25N3O4S/c1-22(2)12-11-21-27(24,25)17-9-6-8-15(13-17)19(23)20-14-16-7-4-5-10-18(16)26-3/h4-10,13,21H,11-12,14H2,1-3H3,(H,20,23). The second-order valence-corrected chi connectivity index (χ2v) is 7.99. The molecule has 0 saturated heterocycles. The van der Waals surface area contributed by atoms with E-state index in [2.05, 4.69) is 10.0 Å². The number of amides is 1. The average molecular weight is 391 g/mol. The third kappa shape index (κ3) is 6.06. The Kier molecular flexibility index (Phi) is 7.35. The molecule has 0 atom stereocenters. The number of hydrogen-bond acceptors (Lipinski definition) is 5. The molecule has 0 bridgehead atoms. The summed E-state index contributed by atoms with van der Waals surface area (Å²) in [4.78, 5) is 14.4. The molecule has 0 aliphatic carbocycles. The van der Waals surface area contributed by atoms with Crippen molar-refractivity contribution in [2.24, 2.45) is 0 Å². The van der Waals surface area contributed by atoms with Crippen LogP contribution in [0.15, 0.2) is 53.4 Å². The number of para-hydroxylation sites is 1. The van der Waals surface area contributed by atoms with Crippen molar-refractivity contribution in [1.29, 1.82) is 0 Å². The van der Waals surface area contributed by atoms with Gasteiger partial charge in [-0.05, 0) is 38.4 Å². The highest BCUT2D eigenvalue weighted by atomic mass is 32.2. The Labute approximate surface area is 160 Å². The average Bonchev–Trinajstić information content (AvgIpc) is 2.66. The second-order valence-electron chi connectivity index (χ2n) is 6.22. The van der Waals surface area contributed by atoms with E-state index in [9.17, 15) is 13.2 Å². The molecule has 0 unspecified atom stereocenters. The molecule has 0 spiro atoms. The van der Waals surface area contributed by atoms with Gasteiger partial charge in [-0.3, -0.25) is 4.79 Å². The lowest BCUT2D eigenvalue weighted by Gasteiger charge is -2.12. The minimum Gasteiger partial charge on any atom is -0.496 e. The molecule has 0 aliphatic heterocycles. The fraction of sp³-hybridized carbons (Fsp3) is 0.316.